The first-order chi connectivity index (χ1) is 3.93. The predicted molar refractivity (Wildman–Crippen MR) is 26.7 cm³/mol. The molecule has 1 aromatic heterocycles. The molecule has 0 N–H and O–H groups in total. The summed E-state index contributed by atoms with van der Waals surface area (Å²) in [7, 11) is 0. The van der Waals surface area contributed by atoms with Crippen molar-refractivity contribution in [1.82, 2.24) is 9.97 Å². The summed E-state index contributed by atoms with van der Waals surface area (Å²) in [5.41, 5.74) is 0. The Labute approximate surface area is 58.6 Å². The molecular formula is C5H6IN2-. The van der Waals surface area contributed by atoms with Crippen LogP contribution < -0.4 is 21.2 Å². The predicted octanol–water partition coefficient (Wildman–Crippen LogP) is -2.63. The van der Waals surface area contributed by atoms with E-state index >= 15 is 0 Å². The molecule has 1 aromatic rings. The van der Waals surface area contributed by atoms with E-state index in [1.165, 1.54) is 0 Å². The summed E-state index contributed by atoms with van der Waals surface area (Å²) >= 11 is 0.0871. The third kappa shape index (κ3) is 1.40. The Kier molecular flexibility index (Phi) is 2.20. The topological polar surface area (TPSA) is 25.8 Å². The number of hydrogen-bond donors (Lipinski definition) is 0. The average molecular weight is 221 g/mol. The minimum absolute atomic E-state index is 0.0871. The second-order valence-electron chi connectivity index (χ2n) is 1.21. The maximum atomic E-state index is 4.04. The van der Waals surface area contributed by atoms with Crippen molar-refractivity contribution < 1.29 is 21.2 Å². The monoisotopic (exact) mass is 221 g/mol. The number of alkyl halides is 1. The average Bonchev–Trinajstić information content (AvgIpc) is 1.90. The van der Waals surface area contributed by atoms with Gasteiger partial charge in [0, 0.05) is 0 Å². The van der Waals surface area contributed by atoms with Gasteiger partial charge >= 0.3 is 58.4 Å². The van der Waals surface area contributed by atoms with Gasteiger partial charge in [-0.05, 0) is 0 Å². The van der Waals surface area contributed by atoms with E-state index in [0.717, 1.165) is 3.83 Å². The molecule has 0 fully saturated rings. The zero-order chi connectivity index (χ0) is 5.82. The summed E-state index contributed by atoms with van der Waals surface area (Å²) in [5, 5.41) is 0. The van der Waals surface area contributed by atoms with Crippen LogP contribution in [0.1, 0.15) is 0 Å². The van der Waals surface area contributed by atoms with E-state index in [1.54, 1.807) is 12.4 Å². The molecule has 0 aliphatic rings. The summed E-state index contributed by atoms with van der Waals surface area (Å²) in [6.45, 7) is 0. The molecule has 0 amide bonds. The normalized spacial score (nSPS) is 9.62. The van der Waals surface area contributed by atoms with Crippen molar-refractivity contribution in [2.75, 3.05) is 4.93 Å². The molecule has 2 nitrogen and oxygen atoms in total. The molecule has 0 atom stereocenters. The van der Waals surface area contributed by atoms with E-state index in [4.69, 9.17) is 0 Å². The van der Waals surface area contributed by atoms with E-state index in [0.29, 0.717) is 0 Å². The maximum absolute atomic E-state index is 4.04. The SMILES string of the molecule is C[I-]c1ncccn1. The molecule has 0 saturated heterocycles. The summed E-state index contributed by atoms with van der Waals surface area (Å²) in [5.74, 6) is 0. The summed E-state index contributed by atoms with van der Waals surface area (Å²) in [6, 6.07) is 1.84. The molecule has 0 saturated carbocycles. The Bertz CT molecular complexity index is 152. The number of halogens is 1. The van der Waals surface area contributed by atoms with Crippen LogP contribution >= 0.6 is 0 Å². The van der Waals surface area contributed by atoms with E-state index in [9.17, 15) is 0 Å². The Balaban J connectivity index is 2.83. The van der Waals surface area contributed by atoms with Gasteiger partial charge in [0.15, 0.2) is 0 Å². The van der Waals surface area contributed by atoms with Crippen LogP contribution in [0.15, 0.2) is 18.5 Å². The molecule has 3 heteroatoms. The fraction of sp³-hybridized carbons (Fsp3) is 0.200. The first-order valence-electron chi connectivity index (χ1n) is 2.20. The Morgan fingerprint density at radius 1 is 1.38 bits per heavy atom. The number of nitrogens with zero attached hydrogens (tertiary/aromatic N) is 2. The van der Waals surface area contributed by atoms with Crippen LogP contribution in [0.2, 0.25) is 0 Å². The van der Waals surface area contributed by atoms with Crippen LogP contribution in [0.25, 0.3) is 0 Å². The van der Waals surface area contributed by atoms with Gasteiger partial charge in [-0.2, -0.15) is 0 Å². The van der Waals surface area contributed by atoms with Crippen LogP contribution in [-0.2, 0) is 0 Å². The van der Waals surface area contributed by atoms with Crippen molar-refractivity contribution in [3.05, 3.63) is 22.3 Å². The van der Waals surface area contributed by atoms with Crippen molar-refractivity contribution in [3.8, 4) is 0 Å². The van der Waals surface area contributed by atoms with Crippen LogP contribution in [0.4, 0.5) is 0 Å². The van der Waals surface area contributed by atoms with E-state index in [1.807, 2.05) is 6.07 Å². The number of hydrogen-bond acceptors (Lipinski definition) is 2. The molecule has 0 radical (unpaired) electrons. The number of aromatic nitrogens is 2. The summed E-state index contributed by atoms with van der Waals surface area (Å²) in [4.78, 5) is 10.2. The van der Waals surface area contributed by atoms with Crippen LogP contribution in [-0.4, -0.2) is 14.9 Å². The molecule has 1 heterocycles. The van der Waals surface area contributed by atoms with Crippen LogP contribution in [0, 0.1) is 3.83 Å². The van der Waals surface area contributed by atoms with E-state index in [2.05, 4.69) is 14.9 Å². The molecular weight excluding hydrogens is 215 g/mol. The van der Waals surface area contributed by atoms with Crippen molar-refractivity contribution in [3.63, 3.8) is 0 Å². The summed E-state index contributed by atoms with van der Waals surface area (Å²) < 4.78 is 1.02. The van der Waals surface area contributed by atoms with Gasteiger partial charge in [0.1, 0.15) is 0 Å². The molecule has 8 heavy (non-hydrogen) atoms. The fourth-order valence-electron chi connectivity index (χ4n) is 0.378. The second kappa shape index (κ2) is 2.96. The quantitative estimate of drug-likeness (QED) is 0.294. The van der Waals surface area contributed by atoms with Crippen molar-refractivity contribution >= 4 is 0 Å². The van der Waals surface area contributed by atoms with E-state index in [-0.39, 0.29) is 21.2 Å². The zero-order valence-corrected chi connectivity index (χ0v) is 6.66. The molecule has 0 aliphatic carbocycles. The minimum atomic E-state index is 0.0871. The molecule has 0 spiro atoms. The van der Waals surface area contributed by atoms with Gasteiger partial charge < -0.3 is 0 Å². The molecule has 0 unspecified atom stereocenters. The first kappa shape index (κ1) is 5.94. The van der Waals surface area contributed by atoms with Gasteiger partial charge in [0.05, 0.1) is 0 Å². The fourth-order valence-corrected chi connectivity index (χ4v) is 1.26. The standard InChI is InChI=1S/C5H6IN2/c1-6-5-7-3-2-4-8-5/h2-4H,1H3/q-1. The second-order valence-corrected chi connectivity index (χ2v) is 3.25. The molecule has 0 aliphatic heterocycles. The van der Waals surface area contributed by atoms with Crippen LogP contribution in [0.5, 0.6) is 0 Å². The third-order valence-electron chi connectivity index (χ3n) is 0.703. The van der Waals surface area contributed by atoms with Gasteiger partial charge in [0.25, 0.3) is 0 Å². The van der Waals surface area contributed by atoms with Crippen molar-refractivity contribution in [1.29, 1.82) is 0 Å². The van der Waals surface area contributed by atoms with Gasteiger partial charge in [-0.1, -0.05) is 0 Å². The Morgan fingerprint density at radius 2 is 2.00 bits per heavy atom. The van der Waals surface area contributed by atoms with Gasteiger partial charge in [0.2, 0.25) is 0 Å². The first-order valence-corrected chi connectivity index (χ1v) is 5.43. The molecule has 1 rings (SSSR count). The molecule has 44 valence electrons. The van der Waals surface area contributed by atoms with Crippen molar-refractivity contribution in [2.24, 2.45) is 0 Å². The zero-order valence-electron chi connectivity index (χ0n) is 4.50. The van der Waals surface area contributed by atoms with Crippen LogP contribution in [0.3, 0.4) is 0 Å². The number of rotatable bonds is 1. The van der Waals surface area contributed by atoms with E-state index < -0.39 is 0 Å². The third-order valence-corrected chi connectivity index (χ3v) is 2.23. The molecule has 0 aromatic carbocycles. The molecule has 0 bridgehead atoms. The Hall–Kier alpha value is -0.190. The van der Waals surface area contributed by atoms with Gasteiger partial charge in [-0.25, -0.2) is 0 Å². The Morgan fingerprint density at radius 3 is 2.38 bits per heavy atom. The summed E-state index contributed by atoms with van der Waals surface area (Å²) in [6.07, 6.45) is 3.57. The van der Waals surface area contributed by atoms with Gasteiger partial charge in [-0.15, -0.1) is 0 Å². The van der Waals surface area contributed by atoms with Gasteiger partial charge in [-0.3, -0.25) is 0 Å². The van der Waals surface area contributed by atoms with Crippen molar-refractivity contribution in [2.45, 2.75) is 0 Å².